The van der Waals surface area contributed by atoms with Crippen LogP contribution in [0.1, 0.15) is 17.0 Å². The highest BCUT2D eigenvalue weighted by Gasteiger charge is 2.07. The van der Waals surface area contributed by atoms with Crippen LogP contribution in [0, 0.1) is 20.8 Å². The Balaban J connectivity index is 2.32. The Kier molecular flexibility index (Phi) is 3.38. The van der Waals surface area contributed by atoms with Gasteiger partial charge < -0.3 is 4.52 Å². The monoisotopic (exact) mass is 293 g/mol. The summed E-state index contributed by atoms with van der Waals surface area (Å²) in [5, 5.41) is 12.2. The Hall–Kier alpha value is -1.49. The molecule has 0 aliphatic carbocycles. The maximum Gasteiger partial charge on any atom is 0.161 e. The van der Waals surface area contributed by atoms with Gasteiger partial charge in [0.1, 0.15) is 5.69 Å². The van der Waals surface area contributed by atoms with Crippen LogP contribution in [0.4, 0.5) is 11.4 Å². The molecular weight excluding hydrogens is 282 g/mol. The summed E-state index contributed by atoms with van der Waals surface area (Å²) in [6.07, 6.45) is 0. The molecule has 0 atom stereocenters. The molecule has 0 spiro atoms. The molecule has 0 aliphatic heterocycles. The molecule has 1 aromatic carbocycles. The number of rotatable bonds is 2. The van der Waals surface area contributed by atoms with Gasteiger partial charge in [-0.25, -0.2) is 0 Å². The fourth-order valence-electron chi connectivity index (χ4n) is 1.46. The maximum atomic E-state index is 5.02. The molecule has 0 radical (unpaired) electrons. The summed E-state index contributed by atoms with van der Waals surface area (Å²) in [5.74, 6) is 0.681. The molecule has 1 aromatic heterocycles. The Bertz CT molecular complexity index is 556. The van der Waals surface area contributed by atoms with Crippen molar-refractivity contribution in [3.8, 4) is 0 Å². The number of nitrogens with zero attached hydrogens (tertiary/aromatic N) is 3. The van der Waals surface area contributed by atoms with E-state index in [4.69, 9.17) is 4.52 Å². The minimum absolute atomic E-state index is 0.681. The molecule has 0 saturated heterocycles. The smallest absolute Gasteiger partial charge is 0.161 e. The van der Waals surface area contributed by atoms with Gasteiger partial charge in [0.2, 0.25) is 0 Å². The number of halogens is 1. The zero-order valence-electron chi connectivity index (χ0n) is 9.86. The van der Waals surface area contributed by atoms with Crippen molar-refractivity contribution >= 4 is 27.3 Å². The van der Waals surface area contributed by atoms with Crippen LogP contribution in [0.5, 0.6) is 0 Å². The van der Waals surface area contributed by atoms with E-state index in [1.165, 1.54) is 0 Å². The van der Waals surface area contributed by atoms with Crippen LogP contribution >= 0.6 is 15.9 Å². The van der Waals surface area contributed by atoms with Crippen LogP contribution in [-0.2, 0) is 0 Å². The minimum atomic E-state index is 0.681. The van der Waals surface area contributed by atoms with Gasteiger partial charge in [-0.1, -0.05) is 21.1 Å². The third-order valence-electron chi connectivity index (χ3n) is 2.41. The van der Waals surface area contributed by atoms with E-state index in [2.05, 4.69) is 31.3 Å². The highest BCUT2D eigenvalue weighted by Crippen LogP contribution is 2.27. The minimum Gasteiger partial charge on any atom is -0.359 e. The van der Waals surface area contributed by atoms with Crippen molar-refractivity contribution < 1.29 is 4.52 Å². The molecule has 5 heteroatoms. The molecule has 17 heavy (non-hydrogen) atoms. The molecule has 0 fully saturated rings. The maximum absolute atomic E-state index is 5.02. The van der Waals surface area contributed by atoms with Gasteiger partial charge in [0.05, 0.1) is 5.69 Å². The van der Waals surface area contributed by atoms with E-state index < -0.39 is 0 Å². The molecule has 0 N–H and O–H groups in total. The second-order valence-electron chi connectivity index (χ2n) is 3.80. The number of aryl methyl sites for hydroxylation is 3. The van der Waals surface area contributed by atoms with E-state index in [1.54, 1.807) is 0 Å². The Labute approximate surface area is 108 Å². The summed E-state index contributed by atoms with van der Waals surface area (Å²) in [4.78, 5) is 0. The van der Waals surface area contributed by atoms with Crippen LogP contribution in [0.25, 0.3) is 0 Å². The molecule has 2 rings (SSSR count). The average molecular weight is 294 g/mol. The second kappa shape index (κ2) is 4.79. The van der Waals surface area contributed by atoms with E-state index in [1.807, 2.05) is 39.0 Å². The van der Waals surface area contributed by atoms with Crippen molar-refractivity contribution in [2.75, 3.05) is 0 Å². The van der Waals surface area contributed by atoms with Crippen LogP contribution in [0.3, 0.4) is 0 Å². The van der Waals surface area contributed by atoms with E-state index in [0.29, 0.717) is 11.4 Å². The van der Waals surface area contributed by atoms with Gasteiger partial charge in [-0.05, 0) is 44.5 Å². The molecule has 0 saturated carbocycles. The first-order chi connectivity index (χ1) is 8.08. The van der Waals surface area contributed by atoms with Crippen molar-refractivity contribution in [1.82, 2.24) is 5.16 Å². The summed E-state index contributed by atoms with van der Waals surface area (Å²) < 4.78 is 6.06. The second-order valence-corrected chi connectivity index (χ2v) is 4.72. The van der Waals surface area contributed by atoms with Gasteiger partial charge in [-0.15, -0.1) is 5.11 Å². The summed E-state index contributed by atoms with van der Waals surface area (Å²) >= 11 is 3.41. The molecule has 0 unspecified atom stereocenters. The van der Waals surface area contributed by atoms with Crippen molar-refractivity contribution in [3.05, 3.63) is 39.7 Å². The van der Waals surface area contributed by atoms with Crippen LogP contribution in [0.2, 0.25) is 0 Å². The Morgan fingerprint density at radius 1 is 1.18 bits per heavy atom. The van der Waals surface area contributed by atoms with Crippen molar-refractivity contribution in [2.24, 2.45) is 10.2 Å². The lowest BCUT2D eigenvalue weighted by Gasteiger charge is -1.98. The van der Waals surface area contributed by atoms with E-state index in [0.717, 1.165) is 21.4 Å². The van der Waals surface area contributed by atoms with Crippen LogP contribution in [0.15, 0.2) is 37.4 Å². The third kappa shape index (κ3) is 2.61. The quantitative estimate of drug-likeness (QED) is 0.748. The molecule has 0 bridgehead atoms. The van der Waals surface area contributed by atoms with E-state index >= 15 is 0 Å². The molecule has 88 valence electrons. The number of benzene rings is 1. The van der Waals surface area contributed by atoms with E-state index in [-0.39, 0.29) is 0 Å². The molecule has 4 nitrogen and oxygen atoms in total. The summed E-state index contributed by atoms with van der Waals surface area (Å²) in [6, 6.07) is 5.86. The van der Waals surface area contributed by atoms with Gasteiger partial charge >= 0.3 is 0 Å². The topological polar surface area (TPSA) is 50.8 Å². The Morgan fingerprint density at radius 3 is 2.53 bits per heavy atom. The van der Waals surface area contributed by atoms with Gasteiger partial charge in [-0.2, -0.15) is 5.11 Å². The summed E-state index contributed by atoms with van der Waals surface area (Å²) in [7, 11) is 0. The predicted molar refractivity (Wildman–Crippen MR) is 69.0 cm³/mol. The lowest BCUT2D eigenvalue weighted by atomic mass is 10.2. The first kappa shape index (κ1) is 12.0. The summed E-state index contributed by atoms with van der Waals surface area (Å²) in [6.45, 7) is 5.66. The molecule has 1 heterocycles. The van der Waals surface area contributed by atoms with Crippen molar-refractivity contribution in [2.45, 2.75) is 20.8 Å². The van der Waals surface area contributed by atoms with Gasteiger partial charge in [0, 0.05) is 4.47 Å². The van der Waals surface area contributed by atoms with Gasteiger partial charge in [-0.3, -0.25) is 0 Å². The average Bonchev–Trinajstić information content (AvgIpc) is 2.58. The van der Waals surface area contributed by atoms with Crippen LogP contribution in [-0.4, -0.2) is 5.16 Å². The fraction of sp³-hybridized carbons (Fsp3) is 0.250. The molecular formula is C12H12BrN3O. The number of hydrogen-bond donors (Lipinski definition) is 0. The van der Waals surface area contributed by atoms with Crippen molar-refractivity contribution in [3.63, 3.8) is 0 Å². The number of azo groups is 1. The SMILES string of the molecule is Cc1cc(Br)ccc1N=Nc1c(C)noc1C. The first-order valence-electron chi connectivity index (χ1n) is 5.18. The summed E-state index contributed by atoms with van der Waals surface area (Å²) in [5.41, 5.74) is 3.36. The lowest BCUT2D eigenvalue weighted by molar-refractivity contribution is 0.393. The highest BCUT2D eigenvalue weighted by molar-refractivity contribution is 9.10. The molecule has 0 aliphatic rings. The number of hydrogen-bond acceptors (Lipinski definition) is 4. The van der Waals surface area contributed by atoms with Crippen LogP contribution < -0.4 is 0 Å². The fourth-order valence-corrected chi connectivity index (χ4v) is 1.93. The third-order valence-corrected chi connectivity index (χ3v) is 2.91. The Morgan fingerprint density at radius 2 is 1.94 bits per heavy atom. The lowest BCUT2D eigenvalue weighted by Crippen LogP contribution is -1.74. The number of aromatic nitrogens is 1. The molecule has 0 amide bonds. The van der Waals surface area contributed by atoms with E-state index in [9.17, 15) is 0 Å². The van der Waals surface area contributed by atoms with Crippen molar-refractivity contribution in [1.29, 1.82) is 0 Å². The zero-order valence-corrected chi connectivity index (χ0v) is 11.4. The largest absolute Gasteiger partial charge is 0.359 e. The first-order valence-corrected chi connectivity index (χ1v) is 5.98. The normalized spacial score (nSPS) is 11.3. The zero-order chi connectivity index (χ0) is 12.4. The van der Waals surface area contributed by atoms with Gasteiger partial charge in [0.25, 0.3) is 0 Å². The van der Waals surface area contributed by atoms with Gasteiger partial charge in [0.15, 0.2) is 11.4 Å². The molecule has 2 aromatic rings. The predicted octanol–water partition coefficient (Wildman–Crippen LogP) is 4.78. The highest BCUT2D eigenvalue weighted by atomic mass is 79.9. The standard InChI is InChI=1S/C12H12BrN3O/c1-7-6-10(13)4-5-11(7)14-15-12-8(2)16-17-9(12)3/h4-6H,1-3H3.